The van der Waals surface area contributed by atoms with E-state index in [0.717, 1.165) is 27.6 Å². The number of aromatic amines is 1. The normalized spacial score (nSPS) is 10.9. The van der Waals surface area contributed by atoms with E-state index in [1.807, 2.05) is 35.7 Å². The molecule has 2 N–H and O–H groups in total. The lowest BCUT2D eigenvalue weighted by Crippen LogP contribution is -2.24. The first-order valence-electron chi connectivity index (χ1n) is 8.58. The van der Waals surface area contributed by atoms with Gasteiger partial charge in [0.05, 0.1) is 31.3 Å². The summed E-state index contributed by atoms with van der Waals surface area (Å²) >= 11 is 1.47. The van der Waals surface area contributed by atoms with Crippen LogP contribution in [0.25, 0.3) is 22.4 Å². The van der Waals surface area contributed by atoms with Crippen molar-refractivity contribution < 1.29 is 13.9 Å². The third-order valence-corrected chi connectivity index (χ3v) is 5.08. The highest BCUT2D eigenvalue weighted by Gasteiger charge is 2.09. The Bertz CT molecular complexity index is 1170. The van der Waals surface area contributed by atoms with Gasteiger partial charge >= 0.3 is 5.76 Å². The van der Waals surface area contributed by atoms with Crippen LogP contribution in [0.1, 0.15) is 10.6 Å². The fraction of sp³-hybridized carbons (Fsp3) is 0.150. The van der Waals surface area contributed by atoms with Gasteiger partial charge < -0.3 is 14.5 Å². The minimum absolute atomic E-state index is 0.0718. The minimum atomic E-state index is -0.481. The molecule has 1 amide bonds. The second kappa shape index (κ2) is 7.69. The van der Waals surface area contributed by atoms with Crippen molar-refractivity contribution in [3.63, 3.8) is 0 Å². The van der Waals surface area contributed by atoms with Crippen LogP contribution in [0.3, 0.4) is 0 Å². The molecule has 0 fully saturated rings. The zero-order valence-corrected chi connectivity index (χ0v) is 15.8. The summed E-state index contributed by atoms with van der Waals surface area (Å²) in [7, 11) is 1.61. The van der Waals surface area contributed by atoms with E-state index in [9.17, 15) is 9.59 Å². The first kappa shape index (κ1) is 18.0. The van der Waals surface area contributed by atoms with Crippen molar-refractivity contribution in [3.05, 3.63) is 69.0 Å². The number of rotatable bonds is 6. The molecule has 0 saturated heterocycles. The molecular formula is C20H17N3O4S. The predicted octanol–water partition coefficient (Wildman–Crippen LogP) is 3.11. The Balaban J connectivity index is 1.38. The van der Waals surface area contributed by atoms with Gasteiger partial charge in [-0.3, -0.25) is 9.78 Å². The maximum Gasteiger partial charge on any atom is 0.417 e. The third-order valence-electron chi connectivity index (χ3n) is 4.23. The van der Waals surface area contributed by atoms with E-state index in [1.54, 1.807) is 19.2 Å². The highest BCUT2D eigenvalue weighted by molar-refractivity contribution is 7.09. The monoisotopic (exact) mass is 395 g/mol. The molecule has 0 radical (unpaired) electrons. The quantitative estimate of drug-likeness (QED) is 0.523. The van der Waals surface area contributed by atoms with Crippen molar-refractivity contribution in [3.8, 4) is 17.0 Å². The number of methoxy groups -OCH3 is 1. The second-order valence-electron chi connectivity index (χ2n) is 6.15. The second-order valence-corrected chi connectivity index (χ2v) is 7.10. The molecule has 0 bridgehead atoms. The number of hydrogen-bond donors (Lipinski definition) is 2. The molecule has 28 heavy (non-hydrogen) atoms. The summed E-state index contributed by atoms with van der Waals surface area (Å²) in [5.41, 5.74) is 3.68. The van der Waals surface area contributed by atoms with E-state index in [-0.39, 0.29) is 5.91 Å². The predicted molar refractivity (Wildman–Crippen MR) is 106 cm³/mol. The van der Waals surface area contributed by atoms with Gasteiger partial charge in [-0.15, -0.1) is 11.3 Å². The maximum absolute atomic E-state index is 12.2. The van der Waals surface area contributed by atoms with E-state index < -0.39 is 5.76 Å². The molecule has 2 aromatic carbocycles. The highest BCUT2D eigenvalue weighted by atomic mass is 32.1. The van der Waals surface area contributed by atoms with Gasteiger partial charge in [-0.05, 0) is 29.8 Å². The van der Waals surface area contributed by atoms with Crippen molar-refractivity contribution in [2.75, 3.05) is 7.11 Å². The van der Waals surface area contributed by atoms with E-state index in [1.165, 1.54) is 11.3 Å². The van der Waals surface area contributed by atoms with Crippen LogP contribution in [-0.4, -0.2) is 23.0 Å². The van der Waals surface area contributed by atoms with Crippen molar-refractivity contribution in [2.45, 2.75) is 13.0 Å². The molecule has 0 spiro atoms. The zero-order chi connectivity index (χ0) is 19.5. The minimum Gasteiger partial charge on any atom is -0.497 e. The summed E-state index contributed by atoms with van der Waals surface area (Å²) in [6.45, 7) is 0.362. The van der Waals surface area contributed by atoms with Crippen LogP contribution in [0.5, 0.6) is 5.75 Å². The first-order valence-corrected chi connectivity index (χ1v) is 9.46. The number of carbonyl (C=O) groups is 1. The van der Waals surface area contributed by atoms with Gasteiger partial charge in [-0.2, -0.15) is 0 Å². The van der Waals surface area contributed by atoms with Crippen LogP contribution < -0.4 is 15.8 Å². The Morgan fingerprint density at radius 2 is 2.07 bits per heavy atom. The van der Waals surface area contributed by atoms with Crippen LogP contribution in [0, 0.1) is 0 Å². The van der Waals surface area contributed by atoms with E-state index in [2.05, 4.69) is 15.3 Å². The number of nitrogens with zero attached hydrogens (tertiary/aromatic N) is 1. The van der Waals surface area contributed by atoms with E-state index in [4.69, 9.17) is 9.15 Å². The summed E-state index contributed by atoms with van der Waals surface area (Å²) in [6.07, 6.45) is 0.297. The topological polar surface area (TPSA) is 97.2 Å². The van der Waals surface area contributed by atoms with Gasteiger partial charge in [0.2, 0.25) is 5.91 Å². The smallest absolute Gasteiger partial charge is 0.417 e. The standard InChI is InChI=1S/C20H17N3O4S/c1-26-14-5-2-12(3-6-14)8-18(24)21-10-19-22-16(11-28-19)13-4-7-15-17(9-13)27-20(25)23-15/h2-7,9,11H,8,10H2,1H3,(H,21,24)(H,23,25). The Morgan fingerprint density at radius 3 is 2.86 bits per heavy atom. The molecule has 8 heteroatoms. The summed E-state index contributed by atoms with van der Waals surface area (Å²) in [5.74, 6) is 0.208. The lowest BCUT2D eigenvalue weighted by Gasteiger charge is -2.04. The van der Waals surface area contributed by atoms with Crippen LogP contribution >= 0.6 is 11.3 Å². The maximum atomic E-state index is 12.2. The van der Waals surface area contributed by atoms with Crippen molar-refractivity contribution in [1.82, 2.24) is 15.3 Å². The lowest BCUT2D eigenvalue weighted by atomic mass is 10.1. The van der Waals surface area contributed by atoms with Gasteiger partial charge in [-0.1, -0.05) is 18.2 Å². The van der Waals surface area contributed by atoms with Crippen molar-refractivity contribution in [1.29, 1.82) is 0 Å². The largest absolute Gasteiger partial charge is 0.497 e. The average Bonchev–Trinajstić information content (AvgIpc) is 3.32. The van der Waals surface area contributed by atoms with Gasteiger partial charge in [0.1, 0.15) is 10.8 Å². The molecule has 2 aromatic heterocycles. The van der Waals surface area contributed by atoms with Crippen LogP contribution in [0.15, 0.2) is 57.1 Å². The lowest BCUT2D eigenvalue weighted by molar-refractivity contribution is -0.120. The number of amides is 1. The van der Waals surface area contributed by atoms with Gasteiger partial charge in [-0.25, -0.2) is 9.78 Å². The molecule has 0 atom stereocenters. The van der Waals surface area contributed by atoms with E-state index >= 15 is 0 Å². The van der Waals surface area contributed by atoms with Crippen molar-refractivity contribution >= 4 is 28.3 Å². The molecule has 4 aromatic rings. The molecule has 0 saturated carbocycles. The Kier molecular flexibility index (Phi) is 4.94. The number of ether oxygens (including phenoxy) is 1. The molecule has 0 aliphatic heterocycles. The molecule has 0 aliphatic rings. The molecule has 142 valence electrons. The zero-order valence-electron chi connectivity index (χ0n) is 15.0. The van der Waals surface area contributed by atoms with Crippen LogP contribution in [0.2, 0.25) is 0 Å². The van der Waals surface area contributed by atoms with Gasteiger partial charge in [0.25, 0.3) is 0 Å². The summed E-state index contributed by atoms with van der Waals surface area (Å²) in [5, 5.41) is 5.60. The summed E-state index contributed by atoms with van der Waals surface area (Å²) < 4.78 is 10.2. The van der Waals surface area contributed by atoms with Gasteiger partial charge in [0, 0.05) is 10.9 Å². The molecule has 0 aliphatic carbocycles. The van der Waals surface area contributed by atoms with Gasteiger partial charge in [0.15, 0.2) is 5.58 Å². The fourth-order valence-electron chi connectivity index (χ4n) is 2.79. The summed E-state index contributed by atoms with van der Waals surface area (Å²) in [6, 6.07) is 12.8. The molecule has 2 heterocycles. The number of benzene rings is 2. The SMILES string of the molecule is COc1ccc(CC(=O)NCc2nc(-c3ccc4[nH]c(=O)oc4c3)cs2)cc1. The molecule has 0 unspecified atom stereocenters. The summed E-state index contributed by atoms with van der Waals surface area (Å²) in [4.78, 5) is 30.6. The number of fused-ring (bicyclic) bond motifs is 1. The number of H-pyrrole nitrogens is 1. The van der Waals surface area contributed by atoms with E-state index in [0.29, 0.717) is 24.1 Å². The number of nitrogens with one attached hydrogen (secondary N) is 2. The van der Waals surface area contributed by atoms with Crippen LogP contribution in [-0.2, 0) is 17.8 Å². The van der Waals surface area contributed by atoms with Crippen LogP contribution in [0.4, 0.5) is 0 Å². The number of thiazole rings is 1. The number of hydrogen-bond acceptors (Lipinski definition) is 6. The molecular weight excluding hydrogens is 378 g/mol. The Hall–Kier alpha value is -3.39. The first-order chi connectivity index (χ1) is 13.6. The third kappa shape index (κ3) is 3.96. The average molecular weight is 395 g/mol. The van der Waals surface area contributed by atoms with Crippen molar-refractivity contribution in [2.24, 2.45) is 0 Å². The number of oxazole rings is 1. The Morgan fingerprint density at radius 1 is 1.25 bits per heavy atom. The molecule has 4 rings (SSSR count). The number of carbonyl (C=O) groups excluding carboxylic acids is 1. The highest BCUT2D eigenvalue weighted by Crippen LogP contribution is 2.25. The number of aromatic nitrogens is 2. The fourth-order valence-corrected chi connectivity index (χ4v) is 3.54. The molecule has 7 nitrogen and oxygen atoms in total. The Labute approximate surface area is 164 Å².